The lowest BCUT2D eigenvalue weighted by Gasteiger charge is -2.33. The molecule has 2 aliphatic heterocycles. The van der Waals surface area contributed by atoms with Crippen molar-refractivity contribution in [2.75, 3.05) is 25.0 Å². The normalized spacial score (nSPS) is 18.0. The van der Waals surface area contributed by atoms with Crippen LogP contribution in [0.3, 0.4) is 0 Å². The Bertz CT molecular complexity index is 706. The lowest BCUT2D eigenvalue weighted by molar-refractivity contribution is -0.118. The molecule has 0 spiro atoms. The number of anilines is 1. The molecule has 1 N–H and O–H groups in total. The van der Waals surface area contributed by atoms with E-state index in [-0.39, 0.29) is 30.2 Å². The van der Waals surface area contributed by atoms with Gasteiger partial charge in [-0.25, -0.2) is 9.18 Å². The van der Waals surface area contributed by atoms with Gasteiger partial charge in [-0.3, -0.25) is 4.79 Å². The fourth-order valence-corrected chi connectivity index (χ4v) is 3.27. The summed E-state index contributed by atoms with van der Waals surface area (Å²) in [5.74, 6) is -0.128. The van der Waals surface area contributed by atoms with Crippen molar-refractivity contribution < 1.29 is 23.5 Å². The smallest absolute Gasteiger partial charge is 0.410 e. The van der Waals surface area contributed by atoms with Crippen LogP contribution in [0.2, 0.25) is 0 Å². The predicted octanol–water partition coefficient (Wildman–Crippen LogP) is 3.35. The number of halogens is 1. The summed E-state index contributed by atoms with van der Waals surface area (Å²) in [6.07, 6.45) is 1.85. The average molecular weight is 364 g/mol. The van der Waals surface area contributed by atoms with Crippen LogP contribution < -0.4 is 10.1 Å². The number of amides is 2. The second-order valence-electron chi connectivity index (χ2n) is 7.86. The SMILES string of the molecule is CC(C)(C)OC(=O)N1CCC(Cc2ccc3c(c2F)NC(=O)CO3)CC1. The summed E-state index contributed by atoms with van der Waals surface area (Å²) in [5, 5.41) is 2.54. The molecule has 1 fully saturated rings. The van der Waals surface area contributed by atoms with Crippen LogP contribution >= 0.6 is 0 Å². The summed E-state index contributed by atoms with van der Waals surface area (Å²) in [7, 11) is 0. The fourth-order valence-electron chi connectivity index (χ4n) is 3.27. The van der Waals surface area contributed by atoms with E-state index in [1.165, 1.54) is 0 Å². The van der Waals surface area contributed by atoms with E-state index >= 15 is 0 Å². The number of carbonyl (C=O) groups is 2. The maximum Gasteiger partial charge on any atom is 0.410 e. The Labute approximate surface area is 152 Å². The first kappa shape index (κ1) is 18.5. The van der Waals surface area contributed by atoms with Crippen LogP contribution in [0.4, 0.5) is 14.9 Å². The molecule has 2 aliphatic rings. The van der Waals surface area contributed by atoms with Crippen molar-refractivity contribution in [3.8, 4) is 5.75 Å². The molecule has 0 aromatic heterocycles. The third-order valence-corrected chi connectivity index (χ3v) is 4.58. The number of nitrogens with zero attached hydrogens (tertiary/aromatic N) is 1. The molecule has 1 aromatic carbocycles. The minimum absolute atomic E-state index is 0.0884. The van der Waals surface area contributed by atoms with Crippen LogP contribution in [0.5, 0.6) is 5.75 Å². The van der Waals surface area contributed by atoms with Crippen molar-refractivity contribution in [3.05, 3.63) is 23.5 Å². The minimum atomic E-state index is -0.507. The van der Waals surface area contributed by atoms with E-state index < -0.39 is 11.4 Å². The summed E-state index contributed by atoms with van der Waals surface area (Å²) in [6, 6.07) is 3.41. The van der Waals surface area contributed by atoms with Crippen molar-refractivity contribution in [2.45, 2.75) is 45.6 Å². The maximum absolute atomic E-state index is 14.7. The summed E-state index contributed by atoms with van der Waals surface area (Å²) >= 11 is 0. The molecule has 26 heavy (non-hydrogen) atoms. The molecule has 1 aromatic rings. The Morgan fingerprint density at radius 2 is 2.04 bits per heavy atom. The van der Waals surface area contributed by atoms with Gasteiger partial charge in [0.1, 0.15) is 17.0 Å². The van der Waals surface area contributed by atoms with E-state index in [2.05, 4.69) is 5.32 Å². The largest absolute Gasteiger partial charge is 0.481 e. The molecule has 0 atom stereocenters. The van der Waals surface area contributed by atoms with Gasteiger partial charge in [-0.15, -0.1) is 0 Å². The molecule has 2 amide bonds. The third-order valence-electron chi connectivity index (χ3n) is 4.58. The van der Waals surface area contributed by atoms with Gasteiger partial charge < -0.3 is 19.7 Å². The number of hydrogen-bond acceptors (Lipinski definition) is 4. The first-order chi connectivity index (χ1) is 12.2. The van der Waals surface area contributed by atoms with E-state index in [4.69, 9.17) is 9.47 Å². The summed E-state index contributed by atoms with van der Waals surface area (Å²) in [6.45, 7) is 6.66. The van der Waals surface area contributed by atoms with Crippen molar-refractivity contribution in [3.63, 3.8) is 0 Å². The molecule has 0 saturated carbocycles. The van der Waals surface area contributed by atoms with Gasteiger partial charge in [0, 0.05) is 13.1 Å². The molecule has 0 radical (unpaired) electrons. The van der Waals surface area contributed by atoms with Gasteiger partial charge in [0.15, 0.2) is 12.4 Å². The highest BCUT2D eigenvalue weighted by Crippen LogP contribution is 2.34. The van der Waals surface area contributed by atoms with Crippen LogP contribution in [-0.4, -0.2) is 42.2 Å². The van der Waals surface area contributed by atoms with Crippen molar-refractivity contribution in [2.24, 2.45) is 5.92 Å². The average Bonchev–Trinajstić information content (AvgIpc) is 2.57. The number of nitrogens with one attached hydrogen (secondary N) is 1. The van der Waals surface area contributed by atoms with Crippen LogP contribution in [0.15, 0.2) is 12.1 Å². The topological polar surface area (TPSA) is 67.9 Å². The number of hydrogen-bond donors (Lipinski definition) is 1. The summed E-state index contributed by atoms with van der Waals surface area (Å²) in [4.78, 5) is 25.2. The number of piperidine rings is 1. The monoisotopic (exact) mass is 364 g/mol. The van der Waals surface area contributed by atoms with Crippen molar-refractivity contribution in [1.82, 2.24) is 4.90 Å². The molecule has 2 heterocycles. The molecule has 7 heteroatoms. The Morgan fingerprint density at radius 1 is 1.35 bits per heavy atom. The molecule has 0 aliphatic carbocycles. The highest BCUT2D eigenvalue weighted by atomic mass is 19.1. The molecule has 0 bridgehead atoms. The Morgan fingerprint density at radius 3 is 2.69 bits per heavy atom. The number of benzene rings is 1. The van der Waals surface area contributed by atoms with Crippen molar-refractivity contribution >= 4 is 17.7 Å². The van der Waals surface area contributed by atoms with Crippen LogP contribution in [0.25, 0.3) is 0 Å². The number of fused-ring (bicyclic) bond motifs is 1. The molecule has 1 saturated heterocycles. The van der Waals surface area contributed by atoms with E-state index in [1.807, 2.05) is 20.8 Å². The Hall–Kier alpha value is -2.31. The second kappa shape index (κ2) is 7.13. The molecule has 6 nitrogen and oxygen atoms in total. The molecule has 142 valence electrons. The molecule has 0 unspecified atom stereocenters. The quantitative estimate of drug-likeness (QED) is 0.874. The number of ether oxygens (including phenoxy) is 2. The van der Waals surface area contributed by atoms with E-state index in [0.717, 1.165) is 12.8 Å². The molecule has 3 rings (SSSR count). The first-order valence-electron chi connectivity index (χ1n) is 8.95. The Kier molecular flexibility index (Phi) is 5.07. The second-order valence-corrected chi connectivity index (χ2v) is 7.86. The van der Waals surface area contributed by atoms with E-state index in [9.17, 15) is 14.0 Å². The number of carbonyl (C=O) groups excluding carboxylic acids is 2. The fraction of sp³-hybridized carbons (Fsp3) is 0.579. The summed E-state index contributed by atoms with van der Waals surface area (Å²) < 4.78 is 25.3. The van der Waals surface area contributed by atoms with E-state index in [0.29, 0.717) is 30.8 Å². The van der Waals surface area contributed by atoms with Crippen LogP contribution in [0, 0.1) is 11.7 Å². The van der Waals surface area contributed by atoms with Gasteiger partial charge >= 0.3 is 6.09 Å². The van der Waals surface area contributed by atoms with Gasteiger partial charge in [-0.05, 0) is 57.6 Å². The van der Waals surface area contributed by atoms with Gasteiger partial charge in [0.05, 0.1) is 0 Å². The highest BCUT2D eigenvalue weighted by Gasteiger charge is 2.28. The summed E-state index contributed by atoms with van der Waals surface area (Å²) in [5.41, 5.74) is 0.183. The van der Waals surface area contributed by atoms with Crippen LogP contribution in [0.1, 0.15) is 39.2 Å². The van der Waals surface area contributed by atoms with Gasteiger partial charge in [0.25, 0.3) is 5.91 Å². The standard InChI is InChI=1S/C19H25FN2O4/c1-19(2,3)26-18(24)22-8-6-12(7-9-22)10-13-4-5-14-17(16(13)20)21-15(23)11-25-14/h4-5,12H,6-11H2,1-3H3,(H,21,23). The van der Waals surface area contributed by atoms with Crippen LogP contribution in [-0.2, 0) is 16.0 Å². The zero-order valence-electron chi connectivity index (χ0n) is 15.4. The molecular weight excluding hydrogens is 339 g/mol. The van der Waals surface area contributed by atoms with Gasteiger partial charge in [-0.1, -0.05) is 6.07 Å². The highest BCUT2D eigenvalue weighted by molar-refractivity contribution is 5.95. The predicted molar refractivity (Wildman–Crippen MR) is 94.8 cm³/mol. The lowest BCUT2D eigenvalue weighted by atomic mass is 9.89. The molecular formula is C19H25FN2O4. The first-order valence-corrected chi connectivity index (χ1v) is 8.95. The maximum atomic E-state index is 14.7. The van der Waals surface area contributed by atoms with Crippen molar-refractivity contribution in [1.29, 1.82) is 0 Å². The van der Waals surface area contributed by atoms with Gasteiger partial charge in [0.2, 0.25) is 0 Å². The third kappa shape index (κ3) is 4.26. The van der Waals surface area contributed by atoms with Gasteiger partial charge in [-0.2, -0.15) is 0 Å². The number of rotatable bonds is 2. The lowest BCUT2D eigenvalue weighted by Crippen LogP contribution is -2.42. The number of likely N-dealkylation sites (tertiary alicyclic amines) is 1. The minimum Gasteiger partial charge on any atom is -0.481 e. The zero-order chi connectivity index (χ0) is 18.9. The van der Waals surface area contributed by atoms with E-state index in [1.54, 1.807) is 17.0 Å². The Balaban J connectivity index is 1.59. The zero-order valence-corrected chi connectivity index (χ0v) is 15.4.